The number of hydrazine groups is 1. The first-order valence-electron chi connectivity index (χ1n) is 10.7. The summed E-state index contributed by atoms with van der Waals surface area (Å²) in [6.45, 7) is 10.8. The molecule has 1 N–H and O–H groups in total. The lowest BCUT2D eigenvalue weighted by Crippen LogP contribution is -2.39. The summed E-state index contributed by atoms with van der Waals surface area (Å²) < 4.78 is 15.8. The van der Waals surface area contributed by atoms with Crippen LogP contribution in [0.15, 0.2) is 47.9 Å². The highest BCUT2D eigenvalue weighted by Gasteiger charge is 2.44. The van der Waals surface area contributed by atoms with Gasteiger partial charge in [-0.15, -0.1) is 0 Å². The maximum atomic E-state index is 13.2. The molecule has 0 bridgehead atoms. The highest BCUT2D eigenvalue weighted by molar-refractivity contribution is 6.30. The SMILES string of the molecule is C=C(C1=C(OC(=O)OC(C)C)CN(C2CC2)C1=O)N(Nc1ccc(Cl)cc1)C(=O)OC(C)C. The van der Waals surface area contributed by atoms with Crippen molar-refractivity contribution in [1.82, 2.24) is 9.91 Å². The first-order valence-corrected chi connectivity index (χ1v) is 11.1. The molecule has 1 fully saturated rings. The minimum atomic E-state index is -0.933. The van der Waals surface area contributed by atoms with Crippen LogP contribution in [0.3, 0.4) is 0 Å². The fourth-order valence-electron chi connectivity index (χ4n) is 3.18. The van der Waals surface area contributed by atoms with Crippen LogP contribution in [0, 0.1) is 0 Å². The van der Waals surface area contributed by atoms with Crippen molar-refractivity contribution >= 4 is 35.4 Å². The van der Waals surface area contributed by atoms with Crippen LogP contribution in [0.25, 0.3) is 0 Å². The van der Waals surface area contributed by atoms with Crippen molar-refractivity contribution in [3.05, 3.63) is 52.9 Å². The largest absolute Gasteiger partial charge is 0.513 e. The number of rotatable bonds is 8. The van der Waals surface area contributed by atoms with Gasteiger partial charge in [0.15, 0.2) is 0 Å². The second-order valence-corrected chi connectivity index (χ2v) is 8.75. The summed E-state index contributed by atoms with van der Waals surface area (Å²) in [5.74, 6) is -0.307. The number of amides is 2. The van der Waals surface area contributed by atoms with Gasteiger partial charge >= 0.3 is 12.2 Å². The Bertz CT molecular complexity index is 969. The summed E-state index contributed by atoms with van der Waals surface area (Å²) in [5, 5.41) is 1.54. The van der Waals surface area contributed by atoms with Gasteiger partial charge in [-0.05, 0) is 64.8 Å². The van der Waals surface area contributed by atoms with E-state index in [2.05, 4.69) is 12.0 Å². The number of hydrogen-bond acceptors (Lipinski definition) is 7. The fraction of sp³-hybridized carbons (Fsp3) is 0.435. The smallest absolute Gasteiger partial charge is 0.445 e. The van der Waals surface area contributed by atoms with Crippen LogP contribution in [-0.4, -0.2) is 52.9 Å². The van der Waals surface area contributed by atoms with Gasteiger partial charge in [-0.3, -0.25) is 10.2 Å². The molecule has 1 saturated carbocycles. The average molecular weight is 478 g/mol. The van der Waals surface area contributed by atoms with E-state index in [4.69, 9.17) is 25.8 Å². The van der Waals surface area contributed by atoms with E-state index < -0.39 is 24.5 Å². The Morgan fingerprint density at radius 1 is 1.12 bits per heavy atom. The highest BCUT2D eigenvalue weighted by atomic mass is 35.5. The lowest BCUT2D eigenvalue weighted by atomic mass is 10.2. The molecule has 0 atom stereocenters. The van der Waals surface area contributed by atoms with E-state index in [9.17, 15) is 14.4 Å². The Labute approximate surface area is 197 Å². The van der Waals surface area contributed by atoms with E-state index in [1.165, 1.54) is 0 Å². The number of anilines is 1. The lowest BCUT2D eigenvalue weighted by molar-refractivity contribution is -0.125. The van der Waals surface area contributed by atoms with E-state index in [1.807, 2.05) is 0 Å². The van der Waals surface area contributed by atoms with Gasteiger partial charge in [0.1, 0.15) is 11.3 Å². The normalized spacial score (nSPS) is 15.7. The first-order chi connectivity index (χ1) is 15.6. The molecular formula is C23H28ClN3O6. The molecule has 1 aliphatic heterocycles. The molecule has 1 aromatic carbocycles. The Morgan fingerprint density at radius 3 is 2.27 bits per heavy atom. The topological polar surface area (TPSA) is 97.4 Å². The van der Waals surface area contributed by atoms with E-state index >= 15 is 0 Å². The predicted octanol–water partition coefficient (Wildman–Crippen LogP) is 4.85. The number of ether oxygens (including phenoxy) is 3. The van der Waals surface area contributed by atoms with Gasteiger partial charge in [0.25, 0.3) is 5.91 Å². The summed E-state index contributed by atoms with van der Waals surface area (Å²) >= 11 is 5.95. The van der Waals surface area contributed by atoms with Crippen molar-refractivity contribution in [2.75, 3.05) is 12.0 Å². The van der Waals surface area contributed by atoms with E-state index in [1.54, 1.807) is 56.9 Å². The Morgan fingerprint density at radius 2 is 1.73 bits per heavy atom. The molecule has 10 heteroatoms. The molecular weight excluding hydrogens is 450 g/mol. The third-order valence-electron chi connectivity index (χ3n) is 4.76. The number of hydrogen-bond donors (Lipinski definition) is 1. The Hall–Kier alpha value is -3.20. The van der Waals surface area contributed by atoms with E-state index in [0.29, 0.717) is 10.7 Å². The van der Waals surface area contributed by atoms with Crippen LogP contribution in [-0.2, 0) is 19.0 Å². The number of nitrogens with one attached hydrogen (secondary N) is 1. The number of carbonyl (C=O) groups is 3. The highest BCUT2D eigenvalue weighted by Crippen LogP contribution is 2.36. The standard InChI is InChI=1S/C23H28ClN3O6/c1-13(2)31-22(29)27(25-17-8-6-16(24)7-9-17)15(5)20-19(33-23(30)32-14(3)4)12-26(21(20)28)18-10-11-18/h6-9,13-14,18,25H,5,10-12H2,1-4H3. The van der Waals surface area contributed by atoms with Crippen molar-refractivity contribution in [1.29, 1.82) is 0 Å². The van der Waals surface area contributed by atoms with Gasteiger partial charge in [-0.2, -0.15) is 5.01 Å². The summed E-state index contributed by atoms with van der Waals surface area (Å²) in [6.07, 6.45) is -0.815. The Kier molecular flexibility index (Phi) is 7.53. The van der Waals surface area contributed by atoms with E-state index in [-0.39, 0.29) is 35.5 Å². The molecule has 0 spiro atoms. The molecule has 9 nitrogen and oxygen atoms in total. The molecule has 1 heterocycles. The van der Waals surface area contributed by atoms with Gasteiger partial charge in [0, 0.05) is 11.1 Å². The van der Waals surface area contributed by atoms with Crippen LogP contribution in [0.2, 0.25) is 5.02 Å². The molecule has 0 saturated heterocycles. The third kappa shape index (κ3) is 6.19. The van der Waals surface area contributed by atoms with E-state index in [0.717, 1.165) is 17.9 Å². The first kappa shape index (κ1) is 24.4. The zero-order valence-corrected chi connectivity index (χ0v) is 19.8. The van der Waals surface area contributed by atoms with Crippen molar-refractivity contribution in [3.8, 4) is 0 Å². The zero-order chi connectivity index (χ0) is 24.3. The summed E-state index contributed by atoms with van der Waals surface area (Å²) in [5.41, 5.74) is 3.39. The maximum Gasteiger partial charge on any atom is 0.513 e. The van der Waals surface area contributed by atoms with Gasteiger partial charge in [0.2, 0.25) is 0 Å². The minimum Gasteiger partial charge on any atom is -0.445 e. The number of halogens is 1. The molecule has 1 aliphatic carbocycles. The second-order valence-electron chi connectivity index (χ2n) is 8.31. The molecule has 33 heavy (non-hydrogen) atoms. The van der Waals surface area contributed by atoms with Crippen LogP contribution >= 0.6 is 11.6 Å². The molecule has 0 radical (unpaired) electrons. The number of nitrogens with zero attached hydrogens (tertiary/aromatic N) is 2. The monoisotopic (exact) mass is 477 g/mol. The number of carbonyl (C=O) groups excluding carboxylic acids is 3. The van der Waals surface area contributed by atoms with Crippen molar-refractivity contribution in [2.45, 2.75) is 58.8 Å². The summed E-state index contributed by atoms with van der Waals surface area (Å²) in [4.78, 5) is 39.9. The molecule has 1 aromatic rings. The van der Waals surface area contributed by atoms with Gasteiger partial charge < -0.3 is 19.1 Å². The molecule has 2 aliphatic rings. The van der Waals surface area contributed by atoms with Gasteiger partial charge in [-0.25, -0.2) is 9.59 Å². The average Bonchev–Trinajstić information content (AvgIpc) is 3.50. The number of benzene rings is 1. The van der Waals surface area contributed by atoms with Gasteiger partial charge in [-0.1, -0.05) is 18.2 Å². The molecule has 178 valence electrons. The molecule has 0 aromatic heterocycles. The van der Waals surface area contributed by atoms with Crippen molar-refractivity contribution in [3.63, 3.8) is 0 Å². The quantitative estimate of drug-likeness (QED) is 0.422. The van der Waals surface area contributed by atoms with Crippen LogP contribution < -0.4 is 5.43 Å². The summed E-state index contributed by atoms with van der Waals surface area (Å²) in [7, 11) is 0. The Balaban J connectivity index is 1.93. The molecule has 2 amide bonds. The maximum absolute atomic E-state index is 13.2. The molecule has 0 unspecified atom stereocenters. The van der Waals surface area contributed by atoms with Crippen molar-refractivity contribution in [2.24, 2.45) is 0 Å². The predicted molar refractivity (Wildman–Crippen MR) is 122 cm³/mol. The van der Waals surface area contributed by atoms with Crippen molar-refractivity contribution < 1.29 is 28.6 Å². The second kappa shape index (κ2) is 10.2. The lowest BCUT2D eigenvalue weighted by Gasteiger charge is -2.27. The third-order valence-corrected chi connectivity index (χ3v) is 5.01. The summed E-state index contributed by atoms with van der Waals surface area (Å²) in [6, 6.07) is 6.66. The molecule has 3 rings (SSSR count). The van der Waals surface area contributed by atoms with Gasteiger partial charge in [0.05, 0.1) is 30.1 Å². The fourth-order valence-corrected chi connectivity index (χ4v) is 3.30. The zero-order valence-electron chi connectivity index (χ0n) is 19.1. The van der Waals surface area contributed by atoms with Crippen LogP contribution in [0.5, 0.6) is 0 Å². The van der Waals surface area contributed by atoms with Crippen LogP contribution in [0.4, 0.5) is 15.3 Å². The minimum absolute atomic E-state index is 0.00442. The van der Waals surface area contributed by atoms with Crippen LogP contribution in [0.1, 0.15) is 40.5 Å².